The van der Waals surface area contributed by atoms with E-state index < -0.39 is 77.1 Å². The van der Waals surface area contributed by atoms with E-state index in [1.165, 1.54) is 123 Å². The number of carboxylic acid groups (broad SMARTS) is 1. The molecule has 135 heavy (non-hydrogen) atoms. The van der Waals surface area contributed by atoms with Gasteiger partial charge in [0.25, 0.3) is 0 Å². The molecule has 16 nitrogen and oxygen atoms in total. The minimum absolute atomic E-state index is 0.357. The predicted octanol–water partition coefficient (Wildman–Crippen LogP) is 28.9. The summed E-state index contributed by atoms with van der Waals surface area (Å²) >= 11 is -1.78. The molecule has 17 heteroatoms. The summed E-state index contributed by atoms with van der Waals surface area (Å²) in [5, 5.41) is 10.1. The standard InChI is InChI=1S/C27H34O4.2C26H32O4.C24H30O4.3C4H9.C3H5.Sn/c1-17-8-11-20(15-18-9-10-18)24(21-12-13-22-19(16-21)7-6-14-30-22)23(17)25(26(28)29-5)31-27(2,3)4;1-16-7-10-19(14-17-8-9-17)23(22(16)24(25(27)28)30-26(2,3)4)20-11-12-21-18(15-20)6-5-13-29-21;1-7-9-18-12-11-17(2)22(24(25(27)28-6)30-26(3,4)5)23(18)20-13-14-21-19(16-20)10-8-15-29-21;1-15-9-10-16(2)21(22(23(25)26-6)28-24(3,4)5)20(15)18-11-12-19-17(14-18)8-7-13-27-19;3*1-3-4-2;1-3-2;/h8,11-13,16,18,25H,6-7,9-10,14-15H2,1-5H3;7,10-12,15,17,24H,5-6,8-9,13-14H2,1-4H3,(H,27,28);7,11-14,16,24H,1,8-10,15H2,2-6H3;9-12,14,22H,7-8,13H2,1-6H3;3*1,3-4H2,2H3;3H,1-2H2;. The van der Waals surface area contributed by atoms with Gasteiger partial charge in [0, 0.05) is 22.3 Å². The molecular formula is C118H160O16Sn. The summed E-state index contributed by atoms with van der Waals surface area (Å²) in [6.07, 6.45) is 25.2. The molecular weight excluding hydrogens is 1790 g/mol. The van der Waals surface area contributed by atoms with Crippen molar-refractivity contribution < 1.29 is 76.4 Å². The first kappa shape index (κ1) is 108. The Kier molecular flexibility index (Phi) is 39.6. The van der Waals surface area contributed by atoms with Crippen molar-refractivity contribution in [3.8, 4) is 67.5 Å². The van der Waals surface area contributed by atoms with Crippen LogP contribution in [-0.4, -0.2) is 118 Å². The maximum Gasteiger partial charge on any atom is 0.339 e. The second-order valence-corrected chi connectivity index (χ2v) is 56.0. The third-order valence-electron chi connectivity index (χ3n) is 26.0. The molecule has 4 heterocycles. The molecule has 6 aliphatic rings. The number of fused-ring (bicyclic) bond motifs is 4. The number of hydrogen-bond acceptors (Lipinski definition) is 15. The van der Waals surface area contributed by atoms with Gasteiger partial charge in [-0.1, -0.05) is 78.9 Å². The number of allylic oxidation sites excluding steroid dienone is 2. The van der Waals surface area contributed by atoms with Crippen LogP contribution >= 0.6 is 0 Å². The van der Waals surface area contributed by atoms with Crippen molar-refractivity contribution in [2.24, 2.45) is 11.8 Å². The number of benzene rings is 8. The van der Waals surface area contributed by atoms with Crippen LogP contribution in [0.25, 0.3) is 44.5 Å². The van der Waals surface area contributed by atoms with Crippen LogP contribution in [0.15, 0.2) is 147 Å². The Balaban J connectivity index is 0.000000177. The first-order valence-corrected chi connectivity index (χ1v) is 58.2. The zero-order valence-electron chi connectivity index (χ0n) is 86.2. The Morgan fingerprint density at radius 2 is 0.659 bits per heavy atom. The molecule has 0 spiro atoms. The van der Waals surface area contributed by atoms with E-state index in [1.54, 1.807) is 13.3 Å². The smallest absolute Gasteiger partial charge is 0.339 e. The van der Waals surface area contributed by atoms with Crippen LogP contribution in [0.4, 0.5) is 0 Å². The number of aryl methyl sites for hydroxylation is 9. The number of carboxylic acids is 1. The molecule has 0 amide bonds. The maximum absolute atomic E-state index is 12.9. The maximum atomic E-state index is 12.9. The number of carbonyl (C=O) groups excluding carboxylic acids is 3. The summed E-state index contributed by atoms with van der Waals surface area (Å²) in [7, 11) is 4.24. The van der Waals surface area contributed by atoms with Gasteiger partial charge in [0.1, 0.15) is 23.0 Å². The Hall–Kier alpha value is -9.04. The van der Waals surface area contributed by atoms with E-state index in [-0.39, 0.29) is 11.9 Å². The van der Waals surface area contributed by atoms with Crippen molar-refractivity contribution in [1.29, 1.82) is 0 Å². The van der Waals surface area contributed by atoms with Crippen molar-refractivity contribution in [3.63, 3.8) is 0 Å². The van der Waals surface area contributed by atoms with E-state index in [0.29, 0.717) is 12.3 Å². The molecule has 8 aromatic rings. The van der Waals surface area contributed by atoms with Gasteiger partial charge in [0.05, 0.1) is 70.2 Å². The molecule has 2 saturated carbocycles. The van der Waals surface area contributed by atoms with E-state index in [0.717, 1.165) is 220 Å². The Morgan fingerprint density at radius 3 is 0.941 bits per heavy atom. The molecule has 0 bridgehead atoms. The van der Waals surface area contributed by atoms with E-state index >= 15 is 0 Å². The molecule has 0 aromatic heterocycles. The van der Waals surface area contributed by atoms with Gasteiger partial charge in [0.15, 0.2) is 24.4 Å². The molecule has 0 saturated heterocycles. The normalized spacial score (nSPS) is 15.4. The minimum atomic E-state index is -1.78. The number of aliphatic carboxylic acids is 1. The van der Waals surface area contributed by atoms with E-state index in [2.05, 4.69) is 145 Å². The second kappa shape index (κ2) is 49.5. The van der Waals surface area contributed by atoms with Crippen molar-refractivity contribution in [2.75, 3.05) is 47.8 Å². The van der Waals surface area contributed by atoms with Gasteiger partial charge in [-0.05, 0) is 386 Å². The summed E-state index contributed by atoms with van der Waals surface area (Å²) in [5.74, 6) is 3.17. The minimum Gasteiger partial charge on any atom is -0.493 e. The first-order chi connectivity index (χ1) is 64.2. The van der Waals surface area contributed by atoms with Crippen molar-refractivity contribution in [3.05, 3.63) is 236 Å². The van der Waals surface area contributed by atoms with Crippen LogP contribution < -0.4 is 18.9 Å². The molecule has 732 valence electrons. The van der Waals surface area contributed by atoms with Crippen molar-refractivity contribution >= 4 is 42.3 Å². The molecule has 4 aliphatic heterocycles. The number of esters is 3. The average Bonchev–Trinajstić information content (AvgIpc) is 1.59. The molecule has 0 radical (unpaired) electrons. The molecule has 1 N–H and O–H groups in total. The molecule has 14 rings (SSSR count). The fraction of sp³-hybridized carbons (Fsp3) is 0.525. The Labute approximate surface area is 813 Å². The largest absolute Gasteiger partial charge is 0.493 e. The topological polar surface area (TPSA) is 190 Å². The molecule has 2 fully saturated rings. The van der Waals surface area contributed by atoms with E-state index in [4.69, 9.17) is 52.1 Å². The van der Waals surface area contributed by atoms with Crippen LogP contribution in [0.2, 0.25) is 17.7 Å². The van der Waals surface area contributed by atoms with Crippen LogP contribution in [0.1, 0.15) is 307 Å². The van der Waals surface area contributed by atoms with E-state index in [9.17, 15) is 24.3 Å². The van der Waals surface area contributed by atoms with Gasteiger partial charge in [-0.25, -0.2) is 19.2 Å². The van der Waals surface area contributed by atoms with Gasteiger partial charge in [-0.15, -0.1) is 6.58 Å². The van der Waals surface area contributed by atoms with E-state index in [1.807, 2.05) is 140 Å². The van der Waals surface area contributed by atoms with Gasteiger partial charge < -0.3 is 57.2 Å². The van der Waals surface area contributed by atoms with Crippen LogP contribution in [0.5, 0.6) is 23.0 Å². The predicted molar refractivity (Wildman–Crippen MR) is 551 cm³/mol. The van der Waals surface area contributed by atoms with Crippen molar-refractivity contribution in [2.45, 2.75) is 338 Å². The fourth-order valence-corrected chi connectivity index (χ4v) is 34.3. The van der Waals surface area contributed by atoms with Gasteiger partial charge in [0.2, 0.25) is 0 Å². The number of rotatable bonds is 33. The Bertz CT molecular complexity index is 5320. The number of ether oxygens (including phenoxy) is 11. The number of methoxy groups -OCH3 is 3. The zero-order chi connectivity index (χ0) is 98.3. The quantitative estimate of drug-likeness (QED) is 0.0177. The fourth-order valence-electron chi connectivity index (χ4n) is 19.2. The summed E-state index contributed by atoms with van der Waals surface area (Å²) < 4.78 is 69.8. The third-order valence-corrected chi connectivity index (χ3v) is 41.5. The Morgan fingerprint density at radius 1 is 0.385 bits per heavy atom. The molecule has 4 unspecified atom stereocenters. The number of hydrogen-bond donors (Lipinski definition) is 1. The summed E-state index contributed by atoms with van der Waals surface area (Å²) in [6, 6.07) is 42.2. The van der Waals surface area contributed by atoms with Crippen LogP contribution in [0.3, 0.4) is 0 Å². The van der Waals surface area contributed by atoms with Crippen LogP contribution in [-0.2, 0) is 97.3 Å². The third kappa shape index (κ3) is 30.5. The molecule has 2 aliphatic carbocycles. The average molecular weight is 1950 g/mol. The SMILES string of the molecule is C=CCc1ccc(C)c(C(OC(C)(C)C)C(=O)OC)c1-c1ccc2c(c1)CCCO2.C=C[CH2][Sn]([CH2]CCC)([CH2]CCC)[CH2]CCC.COC(=O)C(OC(C)(C)C)c1c(C)ccc(C)c1-c1ccc2c(c1)CCCO2.COC(=O)C(OC(C)(C)C)c1c(C)ccc(CC2CC2)c1-c1ccc2c(c1)CCCO2.Cc1ccc(CC2CC2)c(-c2ccc3c(c2)CCCO3)c1C(OC(C)(C)C)C(=O)O. The van der Waals surface area contributed by atoms with Gasteiger partial charge in [-0.2, -0.15) is 0 Å². The van der Waals surface area contributed by atoms with Crippen LogP contribution in [0, 0.1) is 46.5 Å². The second-order valence-electron chi connectivity index (χ2n) is 42.0. The monoisotopic (exact) mass is 1950 g/mol. The van der Waals surface area contributed by atoms with Crippen molar-refractivity contribution in [1.82, 2.24) is 0 Å². The summed E-state index contributed by atoms with van der Waals surface area (Å²) in [5.41, 5.74) is 23.5. The molecule has 4 atom stereocenters. The summed E-state index contributed by atoms with van der Waals surface area (Å²) in [4.78, 5) is 50.8. The number of unbranched alkanes of at least 4 members (excludes halogenated alkanes) is 3. The van der Waals surface area contributed by atoms with Gasteiger partial charge in [-0.3, -0.25) is 0 Å². The first-order valence-electron chi connectivity index (χ1n) is 50.1. The van der Waals surface area contributed by atoms with Gasteiger partial charge >= 0.3 is 132 Å². The molecule has 8 aromatic carbocycles. The zero-order valence-corrected chi connectivity index (χ0v) is 89.0. The number of carbonyl (C=O) groups is 4. The summed E-state index contributed by atoms with van der Waals surface area (Å²) in [6.45, 7) is 51.5.